The van der Waals surface area contributed by atoms with Gasteiger partial charge in [-0.1, -0.05) is 41.6 Å². The molecule has 1 amide bonds. The molecule has 1 fully saturated rings. The van der Waals surface area contributed by atoms with Gasteiger partial charge in [0.1, 0.15) is 0 Å². The first-order chi connectivity index (χ1) is 11.1. The van der Waals surface area contributed by atoms with Crippen molar-refractivity contribution in [3.63, 3.8) is 0 Å². The molecule has 6 heteroatoms. The van der Waals surface area contributed by atoms with Gasteiger partial charge in [-0.3, -0.25) is 9.79 Å². The number of nitrogens with one attached hydrogen (secondary N) is 2. The van der Waals surface area contributed by atoms with Gasteiger partial charge in [-0.15, -0.1) is 0 Å². The zero-order chi connectivity index (χ0) is 16.5. The lowest BCUT2D eigenvalue weighted by Gasteiger charge is -2.16. The molecule has 0 heterocycles. The minimum atomic E-state index is -0.0571. The summed E-state index contributed by atoms with van der Waals surface area (Å²) in [7, 11) is 0. The van der Waals surface area contributed by atoms with Crippen molar-refractivity contribution in [2.24, 2.45) is 10.7 Å². The molecule has 23 heavy (non-hydrogen) atoms. The summed E-state index contributed by atoms with van der Waals surface area (Å²) in [6.07, 6.45) is 7.75. The molecule has 2 rings (SSSR count). The highest BCUT2D eigenvalue weighted by Crippen LogP contribution is 2.17. The monoisotopic (exact) mass is 380 g/mol. The van der Waals surface area contributed by atoms with E-state index in [0.29, 0.717) is 25.0 Å². The number of hydrogen-bond donors (Lipinski definition) is 3. The molecular formula is C17H25BrN4O. The van der Waals surface area contributed by atoms with Crippen molar-refractivity contribution < 1.29 is 4.79 Å². The van der Waals surface area contributed by atoms with Gasteiger partial charge in [0.05, 0.1) is 6.54 Å². The molecule has 1 aromatic carbocycles. The molecule has 1 aromatic rings. The molecule has 0 unspecified atom stereocenters. The van der Waals surface area contributed by atoms with Gasteiger partial charge >= 0.3 is 0 Å². The minimum absolute atomic E-state index is 0.0571. The molecule has 1 aliphatic rings. The highest BCUT2D eigenvalue weighted by Gasteiger charge is 2.12. The van der Waals surface area contributed by atoms with Gasteiger partial charge in [-0.25, -0.2) is 0 Å². The Kier molecular flexibility index (Phi) is 7.39. The normalized spacial score (nSPS) is 16.7. The summed E-state index contributed by atoms with van der Waals surface area (Å²) < 4.78 is 0.984. The quantitative estimate of drug-likeness (QED) is 0.416. The van der Waals surface area contributed by atoms with Crippen molar-refractivity contribution in [2.75, 3.05) is 11.9 Å². The van der Waals surface area contributed by atoms with Crippen LogP contribution in [-0.2, 0) is 4.79 Å². The Bertz CT molecular complexity index is 522. The van der Waals surface area contributed by atoms with Crippen molar-refractivity contribution in [3.05, 3.63) is 28.7 Å². The van der Waals surface area contributed by atoms with Crippen molar-refractivity contribution in [3.8, 4) is 0 Å². The number of rotatable bonds is 5. The van der Waals surface area contributed by atoms with E-state index in [1.807, 2.05) is 24.3 Å². The zero-order valence-corrected chi connectivity index (χ0v) is 14.9. The fourth-order valence-electron chi connectivity index (χ4n) is 2.71. The number of guanidine groups is 1. The number of hydrogen-bond acceptors (Lipinski definition) is 2. The number of halogens is 1. The van der Waals surface area contributed by atoms with Crippen LogP contribution in [0.3, 0.4) is 0 Å². The van der Waals surface area contributed by atoms with E-state index in [2.05, 4.69) is 31.6 Å². The maximum atomic E-state index is 11.9. The van der Waals surface area contributed by atoms with Gasteiger partial charge < -0.3 is 16.4 Å². The van der Waals surface area contributed by atoms with Crippen molar-refractivity contribution in [1.82, 2.24) is 5.32 Å². The second-order valence-electron chi connectivity index (χ2n) is 5.90. The third-order valence-electron chi connectivity index (χ3n) is 3.96. The Morgan fingerprint density at radius 2 is 1.83 bits per heavy atom. The van der Waals surface area contributed by atoms with Gasteiger partial charge in [-0.05, 0) is 37.1 Å². The summed E-state index contributed by atoms with van der Waals surface area (Å²) in [6.45, 7) is 0.397. The third-order valence-corrected chi connectivity index (χ3v) is 4.48. The van der Waals surface area contributed by atoms with Gasteiger partial charge in [0, 0.05) is 22.6 Å². The largest absolute Gasteiger partial charge is 0.370 e. The number of amides is 1. The third kappa shape index (κ3) is 7.03. The smallest absolute Gasteiger partial charge is 0.226 e. The summed E-state index contributed by atoms with van der Waals surface area (Å²) in [5.74, 6) is 0.395. The molecule has 0 atom stereocenters. The van der Waals surface area contributed by atoms with Crippen LogP contribution in [0.2, 0.25) is 0 Å². The standard InChI is InChI=1S/C17H25BrN4O/c18-13-7-9-15(10-8-13)21-16(23)11-12-20-17(19)22-14-5-3-1-2-4-6-14/h7-10,14H,1-6,11-12H2,(H,21,23)(H3,19,20,22). The fourth-order valence-corrected chi connectivity index (χ4v) is 2.98. The van der Waals surface area contributed by atoms with Crippen molar-refractivity contribution in [1.29, 1.82) is 0 Å². The molecule has 0 spiro atoms. The maximum Gasteiger partial charge on any atom is 0.226 e. The Morgan fingerprint density at radius 3 is 2.48 bits per heavy atom. The van der Waals surface area contributed by atoms with Crippen molar-refractivity contribution >= 4 is 33.5 Å². The van der Waals surface area contributed by atoms with Crippen LogP contribution in [0.4, 0.5) is 5.69 Å². The molecule has 0 saturated heterocycles. The van der Waals surface area contributed by atoms with Crippen LogP contribution in [0, 0.1) is 0 Å². The summed E-state index contributed by atoms with van der Waals surface area (Å²) in [4.78, 5) is 16.1. The lowest BCUT2D eigenvalue weighted by atomic mass is 10.1. The lowest BCUT2D eigenvalue weighted by Crippen LogP contribution is -2.40. The van der Waals surface area contributed by atoms with E-state index in [0.717, 1.165) is 23.0 Å². The topological polar surface area (TPSA) is 79.5 Å². The Balaban J connectivity index is 1.69. The lowest BCUT2D eigenvalue weighted by molar-refractivity contribution is -0.116. The van der Waals surface area contributed by atoms with E-state index in [-0.39, 0.29) is 5.91 Å². The summed E-state index contributed by atoms with van der Waals surface area (Å²) in [5, 5.41) is 6.12. The number of anilines is 1. The molecule has 126 valence electrons. The molecule has 0 aromatic heterocycles. The van der Waals surface area contributed by atoms with E-state index in [4.69, 9.17) is 5.73 Å². The number of carbonyl (C=O) groups is 1. The highest BCUT2D eigenvalue weighted by molar-refractivity contribution is 9.10. The number of carbonyl (C=O) groups excluding carboxylic acids is 1. The molecule has 0 radical (unpaired) electrons. The molecule has 4 N–H and O–H groups in total. The van der Waals surface area contributed by atoms with E-state index < -0.39 is 0 Å². The first kappa shape index (κ1) is 17.8. The van der Waals surface area contributed by atoms with Gasteiger partial charge in [-0.2, -0.15) is 0 Å². The maximum absolute atomic E-state index is 11.9. The summed E-state index contributed by atoms with van der Waals surface area (Å²) in [5.41, 5.74) is 6.70. The van der Waals surface area contributed by atoms with Crippen LogP contribution in [0.15, 0.2) is 33.7 Å². The second-order valence-corrected chi connectivity index (χ2v) is 6.82. The second kappa shape index (κ2) is 9.55. The first-order valence-corrected chi connectivity index (χ1v) is 9.04. The fraction of sp³-hybridized carbons (Fsp3) is 0.529. The number of benzene rings is 1. The van der Waals surface area contributed by atoms with Crippen molar-refractivity contribution in [2.45, 2.75) is 51.0 Å². The first-order valence-electron chi connectivity index (χ1n) is 8.25. The van der Waals surface area contributed by atoms with E-state index >= 15 is 0 Å². The number of nitrogens with zero attached hydrogens (tertiary/aromatic N) is 1. The minimum Gasteiger partial charge on any atom is -0.370 e. The van der Waals surface area contributed by atoms with Crippen LogP contribution >= 0.6 is 15.9 Å². The summed E-state index contributed by atoms with van der Waals surface area (Å²) >= 11 is 3.36. The molecule has 0 bridgehead atoms. The zero-order valence-electron chi connectivity index (χ0n) is 13.4. The Hall–Kier alpha value is -1.56. The molecule has 1 saturated carbocycles. The van der Waals surface area contributed by atoms with Crippen LogP contribution in [0.1, 0.15) is 44.9 Å². The Labute approximate surface area is 146 Å². The van der Waals surface area contributed by atoms with E-state index in [1.54, 1.807) is 0 Å². The average molecular weight is 381 g/mol. The van der Waals surface area contributed by atoms with Gasteiger partial charge in [0.15, 0.2) is 5.96 Å². The van der Waals surface area contributed by atoms with Crippen LogP contribution in [0.25, 0.3) is 0 Å². The predicted octanol–water partition coefficient (Wildman–Crippen LogP) is 3.40. The van der Waals surface area contributed by atoms with E-state index in [1.165, 1.54) is 25.7 Å². The van der Waals surface area contributed by atoms with Crippen LogP contribution < -0.4 is 16.4 Å². The molecule has 0 aliphatic heterocycles. The summed E-state index contributed by atoms with van der Waals surface area (Å²) in [6, 6.07) is 7.92. The number of aliphatic imine (C=N–C) groups is 1. The van der Waals surface area contributed by atoms with Gasteiger partial charge in [0.25, 0.3) is 0 Å². The van der Waals surface area contributed by atoms with Crippen LogP contribution in [-0.4, -0.2) is 24.5 Å². The van der Waals surface area contributed by atoms with E-state index in [9.17, 15) is 4.79 Å². The number of nitrogens with two attached hydrogens (primary N) is 1. The van der Waals surface area contributed by atoms with Crippen LogP contribution in [0.5, 0.6) is 0 Å². The van der Waals surface area contributed by atoms with Gasteiger partial charge in [0.2, 0.25) is 5.91 Å². The average Bonchev–Trinajstić information content (AvgIpc) is 2.78. The molecule has 1 aliphatic carbocycles. The SMILES string of the molecule is NC(=NCCC(=O)Nc1ccc(Br)cc1)NC1CCCCCC1. The Morgan fingerprint density at radius 1 is 1.17 bits per heavy atom. The molecule has 5 nitrogen and oxygen atoms in total. The molecular weight excluding hydrogens is 356 g/mol. The highest BCUT2D eigenvalue weighted by atomic mass is 79.9. The predicted molar refractivity (Wildman–Crippen MR) is 98.5 cm³/mol.